The van der Waals surface area contributed by atoms with Crippen molar-refractivity contribution < 1.29 is 5.11 Å². The Morgan fingerprint density at radius 1 is 1.33 bits per heavy atom. The van der Waals surface area contributed by atoms with E-state index in [1.807, 2.05) is 30.3 Å². The Bertz CT molecular complexity index is 248. The quantitative estimate of drug-likeness (QED) is 0.715. The van der Waals surface area contributed by atoms with Crippen molar-refractivity contribution in [3.8, 4) is 0 Å². The van der Waals surface area contributed by atoms with Gasteiger partial charge in [-0.15, -0.1) is 0 Å². The monoisotopic (exact) mass is 180 g/mol. The molecule has 0 amide bonds. The highest BCUT2D eigenvalue weighted by Crippen LogP contribution is 1.96. The van der Waals surface area contributed by atoms with Gasteiger partial charge in [-0.2, -0.15) is 0 Å². The summed E-state index contributed by atoms with van der Waals surface area (Å²) in [6, 6.07) is 9.84. The van der Waals surface area contributed by atoms with Gasteiger partial charge in [-0.25, -0.2) is 5.11 Å². The van der Waals surface area contributed by atoms with Crippen molar-refractivity contribution in [2.75, 3.05) is 6.61 Å². The van der Waals surface area contributed by atoms with Crippen LogP contribution in [0.5, 0.6) is 0 Å². The van der Waals surface area contributed by atoms with Gasteiger partial charge in [-0.1, -0.05) is 42.5 Å². The van der Waals surface area contributed by atoms with Crippen LogP contribution in [0.3, 0.4) is 0 Å². The highest BCUT2D eigenvalue weighted by Gasteiger charge is 1.93. The van der Waals surface area contributed by atoms with Gasteiger partial charge in [0, 0.05) is 6.54 Å². The summed E-state index contributed by atoms with van der Waals surface area (Å²) >= 11 is 4.73. The largest absolute Gasteiger partial charge is 0.374 e. The first-order valence-electron chi connectivity index (χ1n) is 3.71. The van der Waals surface area contributed by atoms with Crippen LogP contribution in [-0.2, 0) is 11.7 Å². The predicted octanol–water partition coefficient (Wildman–Crippen LogP) is 1.53. The van der Waals surface area contributed by atoms with Crippen LogP contribution in [0.25, 0.3) is 0 Å². The molecule has 1 rings (SSSR count). The molecule has 0 saturated carbocycles. The van der Waals surface area contributed by atoms with Gasteiger partial charge in [0.1, 0.15) is 11.6 Å². The molecular weight excluding hydrogens is 170 g/mol. The van der Waals surface area contributed by atoms with Gasteiger partial charge in [0.05, 0.1) is 0 Å². The van der Waals surface area contributed by atoms with E-state index in [4.69, 9.17) is 12.2 Å². The maximum atomic E-state index is 10.2. The molecule has 0 saturated heterocycles. The van der Waals surface area contributed by atoms with Crippen molar-refractivity contribution >= 4 is 17.2 Å². The van der Waals surface area contributed by atoms with Gasteiger partial charge in [-0.05, 0) is 5.56 Å². The van der Waals surface area contributed by atoms with Crippen LogP contribution < -0.4 is 5.32 Å². The van der Waals surface area contributed by atoms with E-state index >= 15 is 0 Å². The first kappa shape index (κ1) is 9.16. The molecule has 0 atom stereocenters. The Hall–Kier alpha value is -0.930. The third-order valence-corrected chi connectivity index (χ3v) is 1.73. The van der Waals surface area contributed by atoms with Gasteiger partial charge in [-0.3, -0.25) is 0 Å². The van der Waals surface area contributed by atoms with Crippen molar-refractivity contribution in [3.63, 3.8) is 0 Å². The highest BCUT2D eigenvalue weighted by molar-refractivity contribution is 7.80. The van der Waals surface area contributed by atoms with E-state index < -0.39 is 0 Å². The molecule has 0 aliphatic carbocycles. The van der Waals surface area contributed by atoms with E-state index in [9.17, 15) is 5.11 Å². The average Bonchev–Trinajstić information content (AvgIpc) is 2.16. The highest BCUT2D eigenvalue weighted by atomic mass is 32.1. The van der Waals surface area contributed by atoms with Crippen LogP contribution in [-0.4, -0.2) is 11.6 Å². The number of rotatable bonds is 3. The first-order chi connectivity index (χ1) is 5.83. The Morgan fingerprint density at radius 3 is 2.58 bits per heavy atom. The number of nitrogens with one attached hydrogen (secondary N) is 1. The first-order valence-corrected chi connectivity index (χ1v) is 4.12. The fourth-order valence-corrected chi connectivity index (χ4v) is 0.920. The summed E-state index contributed by atoms with van der Waals surface area (Å²) in [4.78, 5) is 0.374. The molecule has 3 heteroatoms. The zero-order valence-corrected chi connectivity index (χ0v) is 7.43. The zero-order valence-electron chi connectivity index (χ0n) is 6.62. The normalized spacial score (nSPS) is 9.42. The van der Waals surface area contributed by atoms with Gasteiger partial charge >= 0.3 is 0 Å². The lowest BCUT2D eigenvalue weighted by Gasteiger charge is -2.03. The van der Waals surface area contributed by atoms with Crippen molar-refractivity contribution in [2.24, 2.45) is 0 Å². The second kappa shape index (κ2) is 4.85. The Kier molecular flexibility index (Phi) is 3.70. The Labute approximate surface area is 77.2 Å². The molecular formula is C9H10NOS. The van der Waals surface area contributed by atoms with E-state index in [0.717, 1.165) is 5.56 Å². The fraction of sp³-hybridized carbons (Fsp3) is 0.222. The molecule has 0 fully saturated rings. The molecule has 1 radical (unpaired) electrons. The molecule has 12 heavy (non-hydrogen) atoms. The Morgan fingerprint density at radius 2 is 2.00 bits per heavy atom. The SMILES string of the molecule is [O]CC(=S)NCc1ccccc1. The number of hydrogen-bond acceptors (Lipinski definition) is 1. The minimum atomic E-state index is -0.331. The third kappa shape index (κ3) is 2.98. The predicted molar refractivity (Wildman–Crippen MR) is 51.4 cm³/mol. The van der Waals surface area contributed by atoms with Crippen molar-refractivity contribution in [1.82, 2.24) is 5.32 Å². The second-order valence-electron chi connectivity index (χ2n) is 2.41. The maximum absolute atomic E-state index is 10.2. The second-order valence-corrected chi connectivity index (χ2v) is 2.90. The van der Waals surface area contributed by atoms with Crippen LogP contribution >= 0.6 is 12.2 Å². The molecule has 0 unspecified atom stereocenters. The minimum Gasteiger partial charge on any atom is -0.374 e. The molecule has 0 aliphatic rings. The standard InChI is InChI=1S/C9H10NOS/c11-7-9(12)10-6-8-4-2-1-3-5-8/h1-5H,6-7H2,(H,10,12). The topological polar surface area (TPSA) is 31.9 Å². The molecule has 1 aromatic carbocycles. The van der Waals surface area contributed by atoms with Crippen LogP contribution in [0.4, 0.5) is 0 Å². The fourth-order valence-electron chi connectivity index (χ4n) is 0.848. The number of thiocarbonyl (C=S) groups is 1. The van der Waals surface area contributed by atoms with Crippen LogP contribution in [0.15, 0.2) is 30.3 Å². The van der Waals surface area contributed by atoms with Crippen molar-refractivity contribution in [2.45, 2.75) is 6.54 Å². The molecule has 0 aliphatic heterocycles. The van der Waals surface area contributed by atoms with Crippen LogP contribution in [0.1, 0.15) is 5.56 Å². The lowest BCUT2D eigenvalue weighted by atomic mass is 10.2. The molecule has 0 bridgehead atoms. The minimum absolute atomic E-state index is 0.331. The molecule has 1 aromatic rings. The van der Waals surface area contributed by atoms with E-state index in [0.29, 0.717) is 11.5 Å². The molecule has 0 heterocycles. The number of benzene rings is 1. The summed E-state index contributed by atoms with van der Waals surface area (Å²) in [6.07, 6.45) is 0. The van der Waals surface area contributed by atoms with Gasteiger partial charge < -0.3 is 5.32 Å². The van der Waals surface area contributed by atoms with E-state index in [1.54, 1.807) is 0 Å². The van der Waals surface area contributed by atoms with E-state index in [2.05, 4.69) is 5.32 Å². The zero-order chi connectivity index (χ0) is 8.81. The lowest BCUT2D eigenvalue weighted by molar-refractivity contribution is 0.244. The summed E-state index contributed by atoms with van der Waals surface area (Å²) in [5.74, 6) is 0. The van der Waals surface area contributed by atoms with Crippen LogP contribution in [0.2, 0.25) is 0 Å². The molecule has 0 aromatic heterocycles. The van der Waals surface area contributed by atoms with E-state index in [1.165, 1.54) is 0 Å². The van der Waals surface area contributed by atoms with Crippen LogP contribution in [0, 0.1) is 0 Å². The summed E-state index contributed by atoms with van der Waals surface area (Å²) in [7, 11) is 0. The average molecular weight is 180 g/mol. The lowest BCUT2D eigenvalue weighted by Crippen LogP contribution is -2.23. The Balaban J connectivity index is 2.38. The summed E-state index contributed by atoms with van der Waals surface area (Å²) in [6.45, 7) is 0.310. The van der Waals surface area contributed by atoms with Gasteiger partial charge in [0.2, 0.25) is 0 Å². The van der Waals surface area contributed by atoms with E-state index in [-0.39, 0.29) is 6.61 Å². The smallest absolute Gasteiger partial charge is 0.132 e. The summed E-state index contributed by atoms with van der Waals surface area (Å²) in [5.41, 5.74) is 1.13. The summed E-state index contributed by atoms with van der Waals surface area (Å²) < 4.78 is 0. The van der Waals surface area contributed by atoms with Crippen molar-refractivity contribution in [1.29, 1.82) is 0 Å². The molecule has 0 spiro atoms. The molecule has 2 nitrogen and oxygen atoms in total. The van der Waals surface area contributed by atoms with Gasteiger partial charge in [0.25, 0.3) is 0 Å². The third-order valence-electron chi connectivity index (χ3n) is 1.46. The van der Waals surface area contributed by atoms with Gasteiger partial charge in [0.15, 0.2) is 0 Å². The van der Waals surface area contributed by atoms with Crippen molar-refractivity contribution in [3.05, 3.63) is 35.9 Å². The summed E-state index contributed by atoms with van der Waals surface area (Å²) in [5, 5.41) is 13.1. The molecule has 1 N–H and O–H groups in total. The maximum Gasteiger partial charge on any atom is 0.132 e. The molecule has 63 valence electrons. The number of hydrogen-bond donors (Lipinski definition) is 1.